The quantitative estimate of drug-likeness (QED) is 0.316. The summed E-state index contributed by atoms with van der Waals surface area (Å²) in [6.07, 6.45) is 2.05. The second kappa shape index (κ2) is 11.7. The fourth-order valence-corrected chi connectivity index (χ4v) is 0.360. The van der Waals surface area contributed by atoms with Crippen molar-refractivity contribution in [2.45, 2.75) is 26.7 Å². The first kappa shape index (κ1) is 16.5. The third-order valence-corrected chi connectivity index (χ3v) is 0.803. The molecule has 0 aliphatic heterocycles. The van der Waals surface area contributed by atoms with Gasteiger partial charge in [-0.1, -0.05) is 13.3 Å². The van der Waals surface area contributed by atoms with Gasteiger partial charge in [-0.2, -0.15) is 0 Å². The second-order valence-corrected chi connectivity index (χ2v) is 1.69. The minimum atomic E-state index is -0.182. The van der Waals surface area contributed by atoms with Gasteiger partial charge in [0.15, 0.2) is 17.4 Å². The highest BCUT2D eigenvalue weighted by Gasteiger charge is 1.88. The SMILES string of the molecule is CCCCOC(C)=O.O.[AlH3]. The van der Waals surface area contributed by atoms with Gasteiger partial charge < -0.3 is 10.2 Å². The van der Waals surface area contributed by atoms with Crippen LogP contribution < -0.4 is 0 Å². The largest absolute Gasteiger partial charge is 0.466 e. The molecule has 4 heteroatoms. The molecular formula is C6H17AlO3. The molecule has 0 aliphatic rings. The van der Waals surface area contributed by atoms with E-state index in [0.29, 0.717) is 6.61 Å². The molecular weight excluding hydrogens is 147 g/mol. The van der Waals surface area contributed by atoms with Gasteiger partial charge in [0.2, 0.25) is 0 Å². The number of ether oxygens (including phenoxy) is 1. The predicted octanol–water partition coefficient (Wildman–Crippen LogP) is -0.659. The second-order valence-electron chi connectivity index (χ2n) is 1.69. The van der Waals surface area contributed by atoms with Crippen molar-refractivity contribution in [3.05, 3.63) is 0 Å². The van der Waals surface area contributed by atoms with Crippen LogP contribution in [0.5, 0.6) is 0 Å². The summed E-state index contributed by atoms with van der Waals surface area (Å²) in [6.45, 7) is 4.06. The van der Waals surface area contributed by atoms with Crippen LogP contribution in [0.25, 0.3) is 0 Å². The van der Waals surface area contributed by atoms with E-state index < -0.39 is 0 Å². The summed E-state index contributed by atoms with van der Waals surface area (Å²) < 4.78 is 4.64. The highest BCUT2D eigenvalue weighted by Crippen LogP contribution is 1.86. The van der Waals surface area contributed by atoms with Gasteiger partial charge in [-0.05, 0) is 6.42 Å². The number of carbonyl (C=O) groups is 1. The molecule has 0 fully saturated rings. The summed E-state index contributed by atoms with van der Waals surface area (Å²) in [5.41, 5.74) is 0. The molecule has 0 amide bonds. The molecule has 0 aromatic carbocycles. The van der Waals surface area contributed by atoms with Gasteiger partial charge in [0.25, 0.3) is 0 Å². The lowest BCUT2D eigenvalue weighted by atomic mass is 10.4. The first-order valence-electron chi connectivity index (χ1n) is 2.90. The van der Waals surface area contributed by atoms with Gasteiger partial charge in [-0.15, -0.1) is 0 Å². The molecule has 0 rings (SSSR count). The van der Waals surface area contributed by atoms with E-state index in [9.17, 15) is 4.79 Å². The van der Waals surface area contributed by atoms with Crippen molar-refractivity contribution in [3.63, 3.8) is 0 Å². The Morgan fingerprint density at radius 1 is 1.50 bits per heavy atom. The summed E-state index contributed by atoms with van der Waals surface area (Å²) >= 11 is 0. The van der Waals surface area contributed by atoms with Crippen LogP contribution in [0.1, 0.15) is 26.7 Å². The van der Waals surface area contributed by atoms with Gasteiger partial charge in [-0.3, -0.25) is 4.79 Å². The average molecular weight is 164 g/mol. The van der Waals surface area contributed by atoms with Crippen molar-refractivity contribution in [2.24, 2.45) is 0 Å². The van der Waals surface area contributed by atoms with Crippen LogP contribution in [0.3, 0.4) is 0 Å². The van der Waals surface area contributed by atoms with Gasteiger partial charge in [0, 0.05) is 6.92 Å². The van der Waals surface area contributed by atoms with Crippen LogP contribution in [0.2, 0.25) is 0 Å². The minimum absolute atomic E-state index is 0. The Bertz CT molecular complexity index is 75.4. The van der Waals surface area contributed by atoms with E-state index in [1.807, 2.05) is 0 Å². The first-order valence-corrected chi connectivity index (χ1v) is 2.90. The first-order chi connectivity index (χ1) is 3.77. The van der Waals surface area contributed by atoms with E-state index in [1.165, 1.54) is 6.92 Å². The molecule has 0 aromatic heterocycles. The Morgan fingerprint density at radius 2 is 2.00 bits per heavy atom. The molecule has 10 heavy (non-hydrogen) atoms. The van der Waals surface area contributed by atoms with Crippen LogP contribution in [0.4, 0.5) is 0 Å². The molecule has 0 saturated heterocycles. The van der Waals surface area contributed by atoms with Crippen molar-refractivity contribution < 1.29 is 15.0 Å². The zero-order valence-electron chi connectivity index (χ0n) is 5.94. The molecule has 0 spiro atoms. The molecule has 2 N–H and O–H groups in total. The lowest BCUT2D eigenvalue weighted by Crippen LogP contribution is -1.99. The molecule has 0 aliphatic carbocycles. The third kappa shape index (κ3) is 15.7. The Hall–Kier alpha value is -0.0375. The highest BCUT2D eigenvalue weighted by molar-refractivity contribution is 5.75. The predicted molar refractivity (Wildman–Crippen MR) is 45.1 cm³/mol. The van der Waals surface area contributed by atoms with Gasteiger partial charge >= 0.3 is 5.97 Å². The van der Waals surface area contributed by atoms with Crippen molar-refractivity contribution >= 4 is 23.3 Å². The number of rotatable bonds is 3. The Labute approximate surface area is 72.2 Å². The van der Waals surface area contributed by atoms with Crippen molar-refractivity contribution in [3.8, 4) is 0 Å². The van der Waals surface area contributed by atoms with E-state index in [0.717, 1.165) is 12.8 Å². The van der Waals surface area contributed by atoms with Gasteiger partial charge in [0.05, 0.1) is 6.61 Å². The Kier molecular flexibility index (Phi) is 19.4. The lowest BCUT2D eigenvalue weighted by molar-refractivity contribution is -0.141. The van der Waals surface area contributed by atoms with Crippen molar-refractivity contribution in [1.29, 1.82) is 0 Å². The van der Waals surface area contributed by atoms with Crippen molar-refractivity contribution in [1.82, 2.24) is 0 Å². The van der Waals surface area contributed by atoms with E-state index in [2.05, 4.69) is 11.7 Å². The molecule has 0 radical (unpaired) electrons. The maximum Gasteiger partial charge on any atom is 0.302 e. The Morgan fingerprint density at radius 3 is 2.30 bits per heavy atom. The maximum absolute atomic E-state index is 10.1. The maximum atomic E-state index is 10.1. The molecule has 0 atom stereocenters. The van der Waals surface area contributed by atoms with E-state index in [4.69, 9.17) is 0 Å². The molecule has 3 nitrogen and oxygen atoms in total. The lowest BCUT2D eigenvalue weighted by Gasteiger charge is -1.96. The topological polar surface area (TPSA) is 57.8 Å². The van der Waals surface area contributed by atoms with Crippen LogP contribution in [0, 0.1) is 0 Å². The third-order valence-electron chi connectivity index (χ3n) is 0.803. The molecule has 0 unspecified atom stereocenters. The summed E-state index contributed by atoms with van der Waals surface area (Å²) in [7, 11) is 0. The average Bonchev–Trinajstić information content (AvgIpc) is 1.66. The van der Waals surface area contributed by atoms with Crippen molar-refractivity contribution in [2.75, 3.05) is 6.61 Å². The zero-order chi connectivity index (χ0) is 6.41. The number of hydrogen-bond acceptors (Lipinski definition) is 2. The smallest absolute Gasteiger partial charge is 0.302 e. The standard InChI is InChI=1S/C6H12O2.Al.H2O.3H/c1-3-4-5-8-6(2)7;;;;;/h3-5H2,1-2H3;;1H2;;;. The molecule has 0 heterocycles. The van der Waals surface area contributed by atoms with E-state index in [-0.39, 0.29) is 28.8 Å². The van der Waals surface area contributed by atoms with Gasteiger partial charge in [0.1, 0.15) is 0 Å². The summed E-state index contributed by atoms with van der Waals surface area (Å²) in [6, 6.07) is 0. The van der Waals surface area contributed by atoms with Gasteiger partial charge in [-0.25, -0.2) is 0 Å². The normalized spacial score (nSPS) is 7.00. The summed E-state index contributed by atoms with van der Waals surface area (Å²) in [4.78, 5) is 10.1. The zero-order valence-corrected chi connectivity index (χ0v) is 5.94. The fourth-order valence-electron chi connectivity index (χ4n) is 0.360. The highest BCUT2D eigenvalue weighted by atomic mass is 27.0. The van der Waals surface area contributed by atoms with Crippen LogP contribution >= 0.6 is 0 Å². The summed E-state index contributed by atoms with van der Waals surface area (Å²) in [5.74, 6) is -0.182. The fraction of sp³-hybridized carbons (Fsp3) is 0.833. The Balaban J connectivity index is -0.000000245. The number of unbranched alkanes of at least 4 members (excludes halogenated alkanes) is 1. The minimum Gasteiger partial charge on any atom is -0.466 e. The number of carbonyl (C=O) groups excluding carboxylic acids is 1. The van der Waals surface area contributed by atoms with E-state index in [1.54, 1.807) is 0 Å². The monoisotopic (exact) mass is 164 g/mol. The molecule has 0 bridgehead atoms. The summed E-state index contributed by atoms with van der Waals surface area (Å²) in [5, 5.41) is 0. The number of hydrogen-bond donors (Lipinski definition) is 0. The number of esters is 1. The molecule has 62 valence electrons. The van der Waals surface area contributed by atoms with Crippen LogP contribution in [0.15, 0.2) is 0 Å². The molecule has 0 saturated carbocycles. The molecule has 0 aromatic rings. The van der Waals surface area contributed by atoms with Crippen LogP contribution in [-0.4, -0.2) is 35.4 Å². The van der Waals surface area contributed by atoms with E-state index >= 15 is 0 Å². The van der Waals surface area contributed by atoms with Crippen LogP contribution in [-0.2, 0) is 9.53 Å².